The van der Waals surface area contributed by atoms with E-state index >= 15 is 0 Å². The van der Waals surface area contributed by atoms with Crippen molar-refractivity contribution in [1.29, 1.82) is 0 Å². The Hall–Kier alpha value is -3.22. The maximum absolute atomic E-state index is 12.2. The SMILES string of the molecule is Cc1noc(C)c1COC(=O)CCc1c(C)nc2c3ccccc3nn2c1C. The zero-order chi connectivity index (χ0) is 19.8. The van der Waals surface area contributed by atoms with E-state index in [4.69, 9.17) is 14.2 Å². The summed E-state index contributed by atoms with van der Waals surface area (Å²) in [6, 6.07) is 7.95. The summed E-state index contributed by atoms with van der Waals surface area (Å²) >= 11 is 0. The minimum atomic E-state index is -0.260. The van der Waals surface area contributed by atoms with Gasteiger partial charge in [-0.1, -0.05) is 17.3 Å². The molecule has 0 fully saturated rings. The number of ether oxygens (including phenoxy) is 1. The second-order valence-electron chi connectivity index (χ2n) is 6.98. The first-order valence-corrected chi connectivity index (χ1v) is 9.26. The molecule has 0 radical (unpaired) electrons. The molecule has 28 heavy (non-hydrogen) atoms. The van der Waals surface area contributed by atoms with Gasteiger partial charge in [0.1, 0.15) is 12.4 Å². The number of benzene rings is 1. The smallest absolute Gasteiger partial charge is 0.306 e. The molecule has 4 aromatic rings. The first kappa shape index (κ1) is 18.2. The van der Waals surface area contributed by atoms with Gasteiger partial charge in [0.25, 0.3) is 0 Å². The van der Waals surface area contributed by atoms with Crippen molar-refractivity contribution in [3.63, 3.8) is 0 Å². The van der Waals surface area contributed by atoms with Crippen molar-refractivity contribution >= 4 is 22.5 Å². The lowest BCUT2D eigenvalue weighted by Gasteiger charge is -2.11. The zero-order valence-corrected chi connectivity index (χ0v) is 16.4. The number of aryl methyl sites for hydroxylation is 4. The summed E-state index contributed by atoms with van der Waals surface area (Å²) in [6.07, 6.45) is 0.830. The number of hydrogen-bond acceptors (Lipinski definition) is 6. The second kappa shape index (κ2) is 7.07. The first-order valence-electron chi connectivity index (χ1n) is 9.26. The molecule has 7 nitrogen and oxygen atoms in total. The Balaban J connectivity index is 1.51. The maximum Gasteiger partial charge on any atom is 0.306 e. The standard InChI is InChI=1S/C21H22N4O3/c1-12-16(9-10-20(26)27-11-18-13(2)24-28-15(18)4)14(3)25-21(22-12)17-7-5-6-8-19(17)23-25/h5-8H,9-11H2,1-4H3. The van der Waals surface area contributed by atoms with Gasteiger partial charge in [-0.15, -0.1) is 0 Å². The summed E-state index contributed by atoms with van der Waals surface area (Å²) in [4.78, 5) is 17.0. The maximum atomic E-state index is 12.2. The Kier molecular flexibility index (Phi) is 4.58. The summed E-state index contributed by atoms with van der Waals surface area (Å²) < 4.78 is 12.4. The number of esters is 1. The van der Waals surface area contributed by atoms with Crippen molar-refractivity contribution in [1.82, 2.24) is 19.8 Å². The molecule has 4 rings (SSSR count). The average Bonchev–Trinajstić information content (AvgIpc) is 3.20. The van der Waals surface area contributed by atoms with Gasteiger partial charge >= 0.3 is 5.97 Å². The Labute approximate surface area is 162 Å². The third kappa shape index (κ3) is 3.13. The number of nitrogens with zero attached hydrogens (tertiary/aromatic N) is 4. The van der Waals surface area contributed by atoms with E-state index in [-0.39, 0.29) is 19.0 Å². The first-order chi connectivity index (χ1) is 13.5. The van der Waals surface area contributed by atoms with Crippen LogP contribution < -0.4 is 0 Å². The highest BCUT2D eigenvalue weighted by Crippen LogP contribution is 2.23. The van der Waals surface area contributed by atoms with Gasteiger partial charge in [0, 0.05) is 23.2 Å². The van der Waals surface area contributed by atoms with E-state index in [9.17, 15) is 4.79 Å². The molecule has 7 heteroatoms. The Bertz CT molecular complexity index is 1170. The fraction of sp³-hybridized carbons (Fsp3) is 0.333. The van der Waals surface area contributed by atoms with E-state index in [1.807, 2.05) is 56.5 Å². The zero-order valence-electron chi connectivity index (χ0n) is 16.4. The van der Waals surface area contributed by atoms with E-state index in [0.717, 1.165) is 44.8 Å². The highest BCUT2D eigenvalue weighted by atomic mass is 16.5. The van der Waals surface area contributed by atoms with E-state index in [0.29, 0.717) is 12.2 Å². The number of carbonyl (C=O) groups is 1. The van der Waals surface area contributed by atoms with Crippen molar-refractivity contribution in [2.24, 2.45) is 0 Å². The minimum absolute atomic E-state index is 0.180. The fourth-order valence-corrected chi connectivity index (χ4v) is 3.50. The molecule has 0 N–H and O–H groups in total. The molecule has 3 heterocycles. The van der Waals surface area contributed by atoms with Gasteiger partial charge in [0.2, 0.25) is 0 Å². The molecule has 0 atom stereocenters. The van der Waals surface area contributed by atoms with Crippen LogP contribution in [0, 0.1) is 27.7 Å². The van der Waals surface area contributed by atoms with Crippen LogP contribution >= 0.6 is 0 Å². The second-order valence-corrected chi connectivity index (χ2v) is 6.98. The molecule has 144 valence electrons. The quantitative estimate of drug-likeness (QED) is 0.492. The largest absolute Gasteiger partial charge is 0.461 e. The van der Waals surface area contributed by atoms with Crippen LogP contribution in [0.2, 0.25) is 0 Å². The average molecular weight is 378 g/mol. The highest BCUT2D eigenvalue weighted by molar-refractivity contribution is 5.92. The van der Waals surface area contributed by atoms with E-state index < -0.39 is 0 Å². The molecule has 0 unspecified atom stereocenters. The van der Waals surface area contributed by atoms with Gasteiger partial charge in [0.05, 0.1) is 16.8 Å². The fourth-order valence-electron chi connectivity index (χ4n) is 3.50. The summed E-state index contributed by atoms with van der Waals surface area (Å²) in [5.74, 6) is 0.418. The number of fused-ring (bicyclic) bond motifs is 3. The third-order valence-electron chi connectivity index (χ3n) is 5.16. The molecule has 3 aromatic heterocycles. The molecule has 0 saturated carbocycles. The third-order valence-corrected chi connectivity index (χ3v) is 5.16. The molecular weight excluding hydrogens is 356 g/mol. The van der Waals surface area contributed by atoms with Crippen LogP contribution in [-0.2, 0) is 22.6 Å². The van der Waals surface area contributed by atoms with Crippen LogP contribution in [-0.4, -0.2) is 25.7 Å². The van der Waals surface area contributed by atoms with Gasteiger partial charge in [0.15, 0.2) is 5.65 Å². The van der Waals surface area contributed by atoms with E-state index in [1.54, 1.807) is 0 Å². The van der Waals surface area contributed by atoms with E-state index in [1.165, 1.54) is 0 Å². The van der Waals surface area contributed by atoms with Crippen molar-refractivity contribution in [3.8, 4) is 0 Å². The molecule has 0 aliphatic carbocycles. The van der Waals surface area contributed by atoms with Crippen LogP contribution in [0.25, 0.3) is 16.6 Å². The number of rotatable bonds is 5. The Morgan fingerprint density at radius 2 is 1.89 bits per heavy atom. The molecule has 0 saturated heterocycles. The summed E-state index contributed by atoms with van der Waals surface area (Å²) in [5.41, 5.74) is 6.26. The normalized spacial score (nSPS) is 11.4. The highest BCUT2D eigenvalue weighted by Gasteiger charge is 2.16. The van der Waals surface area contributed by atoms with Crippen LogP contribution in [0.5, 0.6) is 0 Å². The van der Waals surface area contributed by atoms with Gasteiger partial charge in [-0.05, 0) is 51.8 Å². The van der Waals surface area contributed by atoms with Crippen molar-refractivity contribution in [2.45, 2.75) is 47.1 Å². The lowest BCUT2D eigenvalue weighted by atomic mass is 10.1. The number of hydrogen-bond donors (Lipinski definition) is 0. The molecule has 0 spiro atoms. The Morgan fingerprint density at radius 1 is 1.11 bits per heavy atom. The van der Waals surface area contributed by atoms with E-state index in [2.05, 4.69) is 10.3 Å². The van der Waals surface area contributed by atoms with Crippen molar-refractivity contribution < 1.29 is 14.1 Å². The molecule has 0 aliphatic heterocycles. The van der Waals surface area contributed by atoms with Crippen LogP contribution in [0.3, 0.4) is 0 Å². The predicted molar refractivity (Wildman–Crippen MR) is 104 cm³/mol. The summed E-state index contributed by atoms with van der Waals surface area (Å²) in [6.45, 7) is 7.81. The molecule has 1 aromatic carbocycles. The lowest BCUT2D eigenvalue weighted by Crippen LogP contribution is -2.10. The van der Waals surface area contributed by atoms with Crippen LogP contribution in [0.4, 0.5) is 0 Å². The predicted octanol–water partition coefficient (Wildman–Crippen LogP) is 3.78. The van der Waals surface area contributed by atoms with Crippen LogP contribution in [0.15, 0.2) is 28.8 Å². The molecule has 0 amide bonds. The molecular formula is C21H22N4O3. The monoisotopic (exact) mass is 378 g/mol. The van der Waals surface area contributed by atoms with Gasteiger partial charge in [-0.2, -0.15) is 5.10 Å². The van der Waals surface area contributed by atoms with Gasteiger partial charge in [-0.3, -0.25) is 4.79 Å². The topological polar surface area (TPSA) is 82.5 Å². The lowest BCUT2D eigenvalue weighted by molar-refractivity contribution is -0.144. The van der Waals surface area contributed by atoms with Crippen molar-refractivity contribution in [2.75, 3.05) is 0 Å². The van der Waals surface area contributed by atoms with Gasteiger partial charge < -0.3 is 9.26 Å². The summed E-state index contributed by atoms with van der Waals surface area (Å²) in [7, 11) is 0. The van der Waals surface area contributed by atoms with Gasteiger partial charge in [-0.25, -0.2) is 9.50 Å². The Morgan fingerprint density at radius 3 is 2.64 bits per heavy atom. The summed E-state index contributed by atoms with van der Waals surface area (Å²) in [5, 5.41) is 9.55. The molecule has 0 aliphatic rings. The minimum Gasteiger partial charge on any atom is -0.461 e. The number of carbonyl (C=O) groups excluding carboxylic acids is 1. The number of aromatic nitrogens is 4. The van der Waals surface area contributed by atoms with Crippen molar-refractivity contribution in [3.05, 3.63) is 58.2 Å². The molecule has 0 bridgehead atoms. The van der Waals surface area contributed by atoms with Crippen LogP contribution in [0.1, 0.15) is 40.4 Å².